The molecule has 1 heterocycles. The van der Waals surface area contributed by atoms with Gasteiger partial charge in [-0.25, -0.2) is 9.97 Å². The molecule has 3 rings (SSSR count). The Labute approximate surface area is 128 Å². The zero-order valence-corrected chi connectivity index (χ0v) is 13.5. The zero-order valence-electron chi connectivity index (χ0n) is 12.5. The maximum atomic E-state index is 8.67. The second-order valence-corrected chi connectivity index (χ2v) is 5.89. The highest BCUT2D eigenvalue weighted by Crippen LogP contribution is 2.32. The quantitative estimate of drug-likeness (QED) is 0.847. The molecule has 2 fully saturated rings. The molecule has 1 aromatic heterocycles. The fraction of sp³-hybridized carbons (Fsp3) is 0.600. The molecule has 0 aliphatic heterocycles. The molecule has 1 N–H and O–H groups in total. The van der Waals surface area contributed by atoms with Crippen LogP contribution in [0.2, 0.25) is 0 Å². The minimum atomic E-state index is -0.419. The summed E-state index contributed by atoms with van der Waals surface area (Å²) < 4.78 is 5.14. The molecule has 5 nitrogen and oxygen atoms in total. The van der Waals surface area contributed by atoms with Crippen molar-refractivity contribution >= 4 is 21.1 Å². The van der Waals surface area contributed by atoms with E-state index in [2.05, 4.69) is 16.5 Å². The molecule has 2 aliphatic carbocycles. The first kappa shape index (κ1) is 16.3. The minimum absolute atomic E-state index is 0.174. The Balaban J connectivity index is 0.000000347. The number of nitrogens with zero attached hydrogens (tertiary/aromatic N) is 3. The molecule has 21 heavy (non-hydrogen) atoms. The van der Waals surface area contributed by atoms with Crippen molar-refractivity contribution in [3.8, 4) is 0 Å². The Morgan fingerprint density at radius 2 is 2.05 bits per heavy atom. The summed E-state index contributed by atoms with van der Waals surface area (Å²) in [4.78, 5) is 19.3. The van der Waals surface area contributed by atoms with E-state index in [0.29, 0.717) is 12.0 Å². The van der Waals surface area contributed by atoms with Gasteiger partial charge in [-0.15, -0.1) is 0 Å². The molecule has 0 spiro atoms. The highest BCUT2D eigenvalue weighted by Gasteiger charge is 2.33. The summed E-state index contributed by atoms with van der Waals surface area (Å²) in [5.74, 6) is 0.706. The molecular formula is C15H24N3O2P. The highest BCUT2D eigenvalue weighted by molar-refractivity contribution is 7.25. The number of rotatable bonds is 5. The number of hydrogen-bond donors (Lipinski definition) is 1. The molecule has 2 saturated carbocycles. The summed E-state index contributed by atoms with van der Waals surface area (Å²) in [6.07, 6.45) is 11.4. The SMILES string of the molecule is C1CCC1.C=Cc1ccnc(N(C)C2CC(OPO)C2)n1. The third kappa shape index (κ3) is 4.73. The van der Waals surface area contributed by atoms with E-state index in [-0.39, 0.29) is 6.10 Å². The molecule has 1 atom stereocenters. The second kappa shape index (κ2) is 8.42. The first-order chi connectivity index (χ1) is 10.2. The lowest BCUT2D eigenvalue weighted by atomic mass is 9.88. The molecule has 2 aliphatic rings. The van der Waals surface area contributed by atoms with Crippen LogP contribution in [0, 0.1) is 0 Å². The summed E-state index contributed by atoms with van der Waals surface area (Å²) >= 11 is 0. The fourth-order valence-corrected chi connectivity index (χ4v) is 2.43. The second-order valence-electron chi connectivity index (χ2n) is 5.47. The monoisotopic (exact) mass is 309 g/mol. The van der Waals surface area contributed by atoms with Crippen molar-refractivity contribution in [2.75, 3.05) is 11.9 Å². The van der Waals surface area contributed by atoms with Crippen LogP contribution in [0.1, 0.15) is 44.2 Å². The normalized spacial score (nSPS) is 23.7. The van der Waals surface area contributed by atoms with Gasteiger partial charge in [-0.2, -0.15) is 0 Å². The van der Waals surface area contributed by atoms with Gasteiger partial charge in [0.15, 0.2) is 9.03 Å². The van der Waals surface area contributed by atoms with Crippen LogP contribution in [0.25, 0.3) is 6.08 Å². The van der Waals surface area contributed by atoms with Gasteiger partial charge in [-0.1, -0.05) is 32.3 Å². The number of aromatic nitrogens is 2. The van der Waals surface area contributed by atoms with Crippen LogP contribution < -0.4 is 4.90 Å². The zero-order chi connectivity index (χ0) is 15.1. The van der Waals surface area contributed by atoms with Crippen molar-refractivity contribution in [1.29, 1.82) is 0 Å². The maximum absolute atomic E-state index is 8.67. The lowest BCUT2D eigenvalue weighted by molar-refractivity contribution is 0.106. The summed E-state index contributed by atoms with van der Waals surface area (Å²) in [5.41, 5.74) is 0.825. The Bertz CT molecular complexity index is 444. The molecule has 0 amide bonds. The van der Waals surface area contributed by atoms with Crippen molar-refractivity contribution in [3.63, 3.8) is 0 Å². The van der Waals surface area contributed by atoms with Crippen molar-refractivity contribution in [3.05, 3.63) is 24.5 Å². The average Bonchev–Trinajstić information content (AvgIpc) is 2.40. The Morgan fingerprint density at radius 1 is 1.38 bits per heavy atom. The lowest BCUT2D eigenvalue weighted by Crippen LogP contribution is -2.46. The van der Waals surface area contributed by atoms with Crippen LogP contribution in [-0.4, -0.2) is 34.1 Å². The fourth-order valence-electron chi connectivity index (χ4n) is 2.08. The van der Waals surface area contributed by atoms with E-state index in [0.717, 1.165) is 18.5 Å². The van der Waals surface area contributed by atoms with Gasteiger partial charge < -0.3 is 14.3 Å². The molecular weight excluding hydrogens is 285 g/mol. The first-order valence-corrected chi connectivity index (χ1v) is 8.33. The first-order valence-electron chi connectivity index (χ1n) is 7.47. The molecule has 0 radical (unpaired) electrons. The average molecular weight is 309 g/mol. The minimum Gasteiger partial charge on any atom is -0.352 e. The van der Waals surface area contributed by atoms with E-state index in [1.54, 1.807) is 12.3 Å². The molecule has 6 heteroatoms. The summed E-state index contributed by atoms with van der Waals surface area (Å²) in [6.45, 7) is 3.69. The summed E-state index contributed by atoms with van der Waals surface area (Å²) in [7, 11) is 1.56. The molecule has 1 unspecified atom stereocenters. The van der Waals surface area contributed by atoms with Crippen molar-refractivity contribution in [2.45, 2.75) is 50.7 Å². The maximum Gasteiger partial charge on any atom is 0.225 e. The van der Waals surface area contributed by atoms with E-state index in [9.17, 15) is 0 Å². The van der Waals surface area contributed by atoms with Crippen LogP contribution in [0.5, 0.6) is 0 Å². The van der Waals surface area contributed by atoms with Gasteiger partial charge in [-0.3, -0.25) is 0 Å². The van der Waals surface area contributed by atoms with Gasteiger partial charge in [0.25, 0.3) is 0 Å². The molecule has 0 saturated heterocycles. The largest absolute Gasteiger partial charge is 0.352 e. The lowest BCUT2D eigenvalue weighted by Gasteiger charge is -2.40. The van der Waals surface area contributed by atoms with Gasteiger partial charge in [0, 0.05) is 19.3 Å². The van der Waals surface area contributed by atoms with Gasteiger partial charge in [0.05, 0.1) is 11.8 Å². The van der Waals surface area contributed by atoms with Gasteiger partial charge >= 0.3 is 0 Å². The van der Waals surface area contributed by atoms with E-state index in [4.69, 9.17) is 9.42 Å². The van der Waals surface area contributed by atoms with Crippen molar-refractivity contribution < 1.29 is 9.42 Å². The van der Waals surface area contributed by atoms with Gasteiger partial charge in [-0.05, 0) is 25.0 Å². The van der Waals surface area contributed by atoms with Crippen LogP contribution in [0.15, 0.2) is 18.8 Å². The Kier molecular flexibility index (Phi) is 6.55. The van der Waals surface area contributed by atoms with E-state index < -0.39 is 9.03 Å². The number of anilines is 1. The number of hydrogen-bond acceptors (Lipinski definition) is 5. The smallest absolute Gasteiger partial charge is 0.225 e. The third-order valence-electron chi connectivity index (χ3n) is 4.03. The van der Waals surface area contributed by atoms with E-state index in [1.807, 2.05) is 18.0 Å². The van der Waals surface area contributed by atoms with Crippen LogP contribution >= 0.6 is 9.03 Å². The van der Waals surface area contributed by atoms with Crippen LogP contribution in [0.4, 0.5) is 5.95 Å². The molecule has 0 aromatic carbocycles. The Morgan fingerprint density at radius 3 is 2.57 bits per heavy atom. The molecule has 0 bridgehead atoms. The molecule has 1 aromatic rings. The van der Waals surface area contributed by atoms with Gasteiger partial charge in [0.2, 0.25) is 5.95 Å². The third-order valence-corrected chi connectivity index (χ3v) is 4.46. The predicted octanol–water partition coefficient (Wildman–Crippen LogP) is 3.16. The van der Waals surface area contributed by atoms with Gasteiger partial charge in [0.1, 0.15) is 0 Å². The van der Waals surface area contributed by atoms with Crippen molar-refractivity contribution in [1.82, 2.24) is 9.97 Å². The van der Waals surface area contributed by atoms with Crippen LogP contribution in [-0.2, 0) is 4.52 Å². The highest BCUT2D eigenvalue weighted by atomic mass is 31.1. The topological polar surface area (TPSA) is 58.5 Å². The van der Waals surface area contributed by atoms with E-state index >= 15 is 0 Å². The summed E-state index contributed by atoms with van der Waals surface area (Å²) in [6, 6.07) is 2.21. The van der Waals surface area contributed by atoms with Crippen molar-refractivity contribution in [2.24, 2.45) is 0 Å². The molecule has 116 valence electrons. The van der Waals surface area contributed by atoms with Crippen LogP contribution in [0.3, 0.4) is 0 Å². The standard InChI is InChI=1S/C11H16N3O2P.C4H8/c1-3-8-4-5-12-11(13-8)14(2)9-6-10(7-9)16-17-15;1-2-4-3-1/h3-5,9-10,15,17H,1,6-7H2,2H3;1-4H2. The summed E-state index contributed by atoms with van der Waals surface area (Å²) in [5, 5.41) is 0. The van der Waals surface area contributed by atoms with E-state index in [1.165, 1.54) is 25.7 Å². The Hall–Kier alpha value is -1.03. The predicted molar refractivity (Wildman–Crippen MR) is 87.4 cm³/mol.